The third-order valence-corrected chi connectivity index (χ3v) is 4.06. The van der Waals surface area contributed by atoms with E-state index in [1.165, 1.54) is 18.2 Å². The van der Waals surface area contributed by atoms with Crippen LogP contribution in [0.5, 0.6) is 0 Å². The van der Waals surface area contributed by atoms with Crippen LogP contribution in [0.25, 0.3) is 0 Å². The minimum absolute atomic E-state index is 0.0563. The van der Waals surface area contributed by atoms with Crippen molar-refractivity contribution < 1.29 is 8.78 Å². The van der Waals surface area contributed by atoms with Gasteiger partial charge >= 0.3 is 0 Å². The van der Waals surface area contributed by atoms with Crippen LogP contribution in [0, 0.1) is 25.5 Å². The van der Waals surface area contributed by atoms with Gasteiger partial charge in [-0.25, -0.2) is 8.78 Å². The first-order chi connectivity index (χ1) is 8.50. The quantitative estimate of drug-likeness (QED) is 0.680. The van der Waals surface area contributed by atoms with Crippen molar-refractivity contribution in [3.63, 3.8) is 0 Å². The first-order valence-electron chi connectivity index (χ1n) is 5.66. The zero-order valence-electron chi connectivity index (χ0n) is 10.2. The Labute approximate surface area is 114 Å². The van der Waals surface area contributed by atoms with Gasteiger partial charge in [0.1, 0.15) is 11.6 Å². The van der Waals surface area contributed by atoms with E-state index in [4.69, 9.17) is 0 Å². The molecule has 0 spiro atoms. The lowest BCUT2D eigenvalue weighted by Gasteiger charge is -2.14. The van der Waals surface area contributed by atoms with E-state index in [1.54, 1.807) is 0 Å². The molecule has 0 aromatic heterocycles. The predicted molar refractivity (Wildman–Crippen MR) is 73.0 cm³/mol. The average molecular weight is 311 g/mol. The van der Waals surface area contributed by atoms with Crippen LogP contribution in [0.4, 0.5) is 8.78 Å². The fourth-order valence-electron chi connectivity index (χ4n) is 1.84. The molecule has 0 saturated heterocycles. The third-order valence-electron chi connectivity index (χ3n) is 3.08. The molecule has 18 heavy (non-hydrogen) atoms. The van der Waals surface area contributed by atoms with Crippen LogP contribution in [-0.4, -0.2) is 0 Å². The van der Waals surface area contributed by atoms with Gasteiger partial charge in [-0.05, 0) is 42.7 Å². The van der Waals surface area contributed by atoms with E-state index in [1.807, 2.05) is 32.0 Å². The van der Waals surface area contributed by atoms with Crippen molar-refractivity contribution in [3.05, 3.63) is 70.3 Å². The van der Waals surface area contributed by atoms with Gasteiger partial charge in [0.15, 0.2) is 0 Å². The maximum absolute atomic E-state index is 13.7. The average Bonchev–Trinajstić information content (AvgIpc) is 2.32. The Morgan fingerprint density at radius 2 is 1.56 bits per heavy atom. The molecule has 0 nitrogen and oxygen atoms in total. The van der Waals surface area contributed by atoms with Gasteiger partial charge in [-0.2, -0.15) is 0 Å². The summed E-state index contributed by atoms with van der Waals surface area (Å²) in [5.74, 6) is -1.06. The maximum atomic E-state index is 13.7. The van der Waals surface area contributed by atoms with Gasteiger partial charge in [-0.3, -0.25) is 0 Å². The first kappa shape index (κ1) is 13.2. The molecule has 0 N–H and O–H groups in total. The summed E-state index contributed by atoms with van der Waals surface area (Å²) >= 11 is 3.37. The fraction of sp³-hybridized carbons (Fsp3) is 0.200. The summed E-state index contributed by atoms with van der Waals surface area (Å²) in [5, 5.41) is 0. The summed E-state index contributed by atoms with van der Waals surface area (Å²) in [5.41, 5.74) is 3.17. The highest BCUT2D eigenvalue weighted by Crippen LogP contribution is 2.34. The first-order valence-corrected chi connectivity index (χ1v) is 6.57. The highest BCUT2D eigenvalue weighted by Gasteiger charge is 2.19. The van der Waals surface area contributed by atoms with Gasteiger partial charge in [0.05, 0.1) is 4.83 Å². The normalized spacial score (nSPS) is 12.5. The smallest absolute Gasteiger partial charge is 0.130 e. The molecule has 3 heteroatoms. The molecule has 2 aromatic rings. The van der Waals surface area contributed by atoms with E-state index >= 15 is 0 Å². The van der Waals surface area contributed by atoms with Crippen LogP contribution < -0.4 is 0 Å². The summed E-state index contributed by atoms with van der Waals surface area (Å²) in [6.07, 6.45) is 0. The topological polar surface area (TPSA) is 0 Å². The zero-order chi connectivity index (χ0) is 13.3. The molecule has 0 radical (unpaired) electrons. The van der Waals surface area contributed by atoms with Gasteiger partial charge in [0.2, 0.25) is 0 Å². The molecule has 2 rings (SSSR count). The highest BCUT2D eigenvalue weighted by molar-refractivity contribution is 9.09. The van der Waals surface area contributed by atoms with Crippen LogP contribution in [0.15, 0.2) is 36.4 Å². The Balaban J connectivity index is 2.48. The Hall–Kier alpha value is -1.22. The minimum Gasteiger partial charge on any atom is -0.207 e. The van der Waals surface area contributed by atoms with Crippen LogP contribution in [0.1, 0.15) is 27.1 Å². The molecular weight excluding hydrogens is 298 g/mol. The van der Waals surface area contributed by atoms with Gasteiger partial charge in [-0.15, -0.1) is 0 Å². The summed E-state index contributed by atoms with van der Waals surface area (Å²) in [7, 11) is 0. The van der Waals surface area contributed by atoms with E-state index in [0.717, 1.165) is 16.7 Å². The number of benzene rings is 2. The van der Waals surface area contributed by atoms with Gasteiger partial charge in [0.25, 0.3) is 0 Å². The Morgan fingerprint density at radius 3 is 2.11 bits per heavy atom. The number of halogens is 3. The van der Waals surface area contributed by atoms with Crippen molar-refractivity contribution in [2.24, 2.45) is 0 Å². The number of hydrogen-bond acceptors (Lipinski definition) is 0. The van der Waals surface area contributed by atoms with E-state index in [2.05, 4.69) is 15.9 Å². The minimum atomic E-state index is -0.532. The van der Waals surface area contributed by atoms with Crippen LogP contribution in [0.2, 0.25) is 0 Å². The summed E-state index contributed by atoms with van der Waals surface area (Å²) < 4.78 is 27.4. The molecule has 94 valence electrons. The molecule has 1 atom stereocenters. The van der Waals surface area contributed by atoms with E-state index in [9.17, 15) is 8.78 Å². The van der Waals surface area contributed by atoms with Crippen molar-refractivity contribution in [3.8, 4) is 0 Å². The number of alkyl halides is 1. The monoisotopic (exact) mass is 310 g/mol. The molecule has 0 aliphatic heterocycles. The summed E-state index contributed by atoms with van der Waals surface area (Å²) in [4.78, 5) is -0.474. The Bertz CT molecular complexity index is 558. The second-order valence-electron chi connectivity index (χ2n) is 4.34. The lowest BCUT2D eigenvalue weighted by molar-refractivity contribution is 0.561. The van der Waals surface area contributed by atoms with Crippen molar-refractivity contribution in [2.75, 3.05) is 0 Å². The van der Waals surface area contributed by atoms with Gasteiger partial charge in [0, 0.05) is 5.56 Å². The molecular formula is C15H13BrF2. The fourth-order valence-corrected chi connectivity index (χ4v) is 2.56. The molecule has 0 saturated carbocycles. The molecule has 1 unspecified atom stereocenters. The molecule has 0 bridgehead atoms. The molecule has 0 amide bonds. The summed E-state index contributed by atoms with van der Waals surface area (Å²) in [6.45, 7) is 3.99. The van der Waals surface area contributed by atoms with Crippen LogP contribution in [-0.2, 0) is 0 Å². The summed E-state index contributed by atoms with van der Waals surface area (Å²) in [6, 6.07) is 9.70. The molecule has 0 heterocycles. The molecule has 0 fully saturated rings. The van der Waals surface area contributed by atoms with E-state index in [0.29, 0.717) is 0 Å². The van der Waals surface area contributed by atoms with E-state index < -0.39 is 16.5 Å². The van der Waals surface area contributed by atoms with Crippen molar-refractivity contribution in [2.45, 2.75) is 18.7 Å². The van der Waals surface area contributed by atoms with Crippen LogP contribution >= 0.6 is 15.9 Å². The molecule has 2 aromatic carbocycles. The lowest BCUT2D eigenvalue weighted by atomic mass is 10.00. The zero-order valence-corrected chi connectivity index (χ0v) is 11.8. The van der Waals surface area contributed by atoms with Crippen molar-refractivity contribution in [1.29, 1.82) is 0 Å². The Kier molecular flexibility index (Phi) is 3.81. The highest BCUT2D eigenvalue weighted by atomic mass is 79.9. The predicted octanol–water partition coefficient (Wildman–Crippen LogP) is 5.07. The maximum Gasteiger partial charge on any atom is 0.130 e. The van der Waals surface area contributed by atoms with Crippen molar-refractivity contribution in [1.82, 2.24) is 0 Å². The lowest BCUT2D eigenvalue weighted by Crippen LogP contribution is -2.01. The Morgan fingerprint density at radius 1 is 0.944 bits per heavy atom. The van der Waals surface area contributed by atoms with Gasteiger partial charge < -0.3 is 0 Å². The molecule has 0 aliphatic carbocycles. The second-order valence-corrected chi connectivity index (χ2v) is 5.26. The molecule has 0 aliphatic rings. The van der Waals surface area contributed by atoms with Crippen molar-refractivity contribution >= 4 is 15.9 Å². The number of aryl methyl sites for hydroxylation is 2. The van der Waals surface area contributed by atoms with Crippen LogP contribution in [0.3, 0.4) is 0 Å². The third kappa shape index (κ3) is 2.46. The van der Waals surface area contributed by atoms with Gasteiger partial charge in [-0.1, -0.05) is 40.2 Å². The second kappa shape index (κ2) is 5.19. The number of rotatable bonds is 2. The van der Waals surface area contributed by atoms with E-state index in [-0.39, 0.29) is 5.56 Å². The number of hydrogen-bond donors (Lipinski definition) is 0. The largest absolute Gasteiger partial charge is 0.207 e. The standard InChI is InChI=1S/C15H13BrF2/c1-9-6-7-11(8-10(9)2)15(16)14-12(17)4-3-5-13(14)18/h3-8,15H,1-2H3. The SMILES string of the molecule is Cc1ccc(C(Br)c2c(F)cccc2F)cc1C.